The Labute approximate surface area is 152 Å². The average molecular weight is 385 g/mol. The summed E-state index contributed by atoms with van der Waals surface area (Å²) in [4.78, 5) is 23.9. The molecule has 0 unspecified atom stereocenters. The van der Waals surface area contributed by atoms with Crippen LogP contribution in [-0.4, -0.2) is 11.8 Å². The van der Waals surface area contributed by atoms with E-state index in [1.807, 2.05) is 0 Å². The van der Waals surface area contributed by atoms with Crippen LogP contribution < -0.4 is 10.6 Å². The van der Waals surface area contributed by atoms with Gasteiger partial charge in [0.15, 0.2) is 0 Å². The van der Waals surface area contributed by atoms with Gasteiger partial charge in [0.05, 0.1) is 17.8 Å². The van der Waals surface area contributed by atoms with Gasteiger partial charge in [0.1, 0.15) is 11.6 Å². The molecule has 4 nitrogen and oxygen atoms in total. The molecule has 0 saturated carbocycles. The number of anilines is 2. The van der Waals surface area contributed by atoms with Gasteiger partial charge in [-0.25, -0.2) is 8.78 Å². The van der Waals surface area contributed by atoms with Crippen LogP contribution in [0, 0.1) is 11.6 Å². The van der Waals surface area contributed by atoms with E-state index in [0.29, 0.717) is 0 Å². The first-order valence-corrected chi connectivity index (χ1v) is 7.71. The van der Waals surface area contributed by atoms with Crippen LogP contribution >= 0.6 is 23.2 Å². The molecular weight excluding hydrogens is 373 g/mol. The van der Waals surface area contributed by atoms with Gasteiger partial charge in [-0.2, -0.15) is 0 Å². The molecule has 0 heterocycles. The Hall–Kier alpha value is -2.44. The van der Waals surface area contributed by atoms with E-state index >= 15 is 0 Å². The lowest BCUT2D eigenvalue weighted by atomic mass is 10.1. The summed E-state index contributed by atoms with van der Waals surface area (Å²) in [5, 5.41) is 5.03. The van der Waals surface area contributed by atoms with E-state index in [4.69, 9.17) is 23.2 Å². The number of hydrogen-bond acceptors (Lipinski definition) is 2. The van der Waals surface area contributed by atoms with E-state index in [-0.39, 0.29) is 27.0 Å². The molecule has 2 N–H and O–H groups in total. The van der Waals surface area contributed by atoms with Gasteiger partial charge >= 0.3 is 0 Å². The number of hydrogen-bond donors (Lipinski definition) is 2. The first-order chi connectivity index (χ1) is 11.8. The van der Waals surface area contributed by atoms with Crippen molar-refractivity contribution in [3.05, 3.63) is 70.2 Å². The highest BCUT2D eigenvalue weighted by Crippen LogP contribution is 2.21. The predicted molar refractivity (Wildman–Crippen MR) is 93.8 cm³/mol. The summed E-state index contributed by atoms with van der Waals surface area (Å²) >= 11 is 11.5. The van der Waals surface area contributed by atoms with Crippen molar-refractivity contribution >= 4 is 46.4 Å². The fraction of sp³-hybridized carbons (Fsp3) is 0.0588. The predicted octanol–water partition coefficient (Wildman–Crippen LogP) is 4.80. The van der Waals surface area contributed by atoms with E-state index in [9.17, 15) is 18.4 Å². The van der Waals surface area contributed by atoms with Crippen molar-refractivity contribution in [3.63, 3.8) is 0 Å². The maximum Gasteiger partial charge on any atom is 0.251 e. The normalized spacial score (nSPS) is 10.2. The number of carbonyl (C=O) groups excluding carboxylic acids is 2. The summed E-state index contributed by atoms with van der Waals surface area (Å²) in [6, 6.07) is 7.31. The molecule has 0 spiro atoms. The SMILES string of the molecule is C=C(CC(=O)Nc1cc(Cl)ccc1F)C(=O)Nc1cc(Cl)ccc1F. The quantitative estimate of drug-likeness (QED) is 0.727. The first-order valence-electron chi connectivity index (χ1n) is 6.95. The van der Waals surface area contributed by atoms with E-state index in [0.717, 1.165) is 12.1 Å². The zero-order valence-electron chi connectivity index (χ0n) is 12.7. The zero-order chi connectivity index (χ0) is 18.6. The molecular formula is C17H12Cl2F2N2O2. The smallest absolute Gasteiger partial charge is 0.251 e. The number of carbonyl (C=O) groups is 2. The van der Waals surface area contributed by atoms with Crippen molar-refractivity contribution in [2.45, 2.75) is 6.42 Å². The Morgan fingerprint density at radius 1 is 0.920 bits per heavy atom. The van der Waals surface area contributed by atoms with Gasteiger partial charge in [-0.1, -0.05) is 29.8 Å². The van der Waals surface area contributed by atoms with Gasteiger partial charge in [0.2, 0.25) is 5.91 Å². The summed E-state index contributed by atoms with van der Waals surface area (Å²) < 4.78 is 27.2. The summed E-state index contributed by atoms with van der Waals surface area (Å²) in [6.45, 7) is 3.48. The van der Waals surface area contributed by atoms with Crippen LogP contribution in [0.15, 0.2) is 48.6 Å². The molecule has 2 amide bonds. The minimum absolute atomic E-state index is 0.119. The van der Waals surface area contributed by atoms with E-state index in [2.05, 4.69) is 17.2 Å². The molecule has 0 aliphatic rings. The van der Waals surface area contributed by atoms with Crippen LogP contribution in [0.4, 0.5) is 20.2 Å². The standard InChI is InChI=1S/C17H12Cl2F2N2O2/c1-9(17(25)23-15-8-11(19)3-5-13(15)21)6-16(24)22-14-7-10(18)2-4-12(14)20/h2-5,7-8H,1,6H2,(H,22,24)(H,23,25). The van der Waals surface area contributed by atoms with Crippen LogP contribution in [0.5, 0.6) is 0 Å². The van der Waals surface area contributed by atoms with E-state index in [1.54, 1.807) is 0 Å². The maximum absolute atomic E-state index is 13.6. The summed E-state index contributed by atoms with van der Waals surface area (Å²) in [5.74, 6) is -2.79. The molecule has 0 atom stereocenters. The Kier molecular flexibility index (Phi) is 6.12. The lowest BCUT2D eigenvalue weighted by Crippen LogP contribution is -2.20. The van der Waals surface area contributed by atoms with Crippen LogP contribution in [0.1, 0.15) is 6.42 Å². The summed E-state index contributed by atoms with van der Waals surface area (Å²) in [5.41, 5.74) is -0.397. The second kappa shape index (κ2) is 8.09. The minimum Gasteiger partial charge on any atom is -0.323 e. The second-order valence-corrected chi connectivity index (χ2v) is 5.90. The molecule has 2 aromatic carbocycles. The zero-order valence-corrected chi connectivity index (χ0v) is 14.2. The molecule has 0 aliphatic heterocycles. The maximum atomic E-state index is 13.6. The average Bonchev–Trinajstić information content (AvgIpc) is 2.54. The lowest BCUT2D eigenvalue weighted by Gasteiger charge is -2.10. The topological polar surface area (TPSA) is 58.2 Å². The lowest BCUT2D eigenvalue weighted by molar-refractivity contribution is -0.118. The van der Waals surface area contributed by atoms with Gasteiger partial charge in [0.25, 0.3) is 5.91 Å². The number of rotatable bonds is 5. The first kappa shape index (κ1) is 18.9. The molecule has 0 fully saturated rings. The largest absolute Gasteiger partial charge is 0.323 e. The summed E-state index contributed by atoms with van der Waals surface area (Å²) in [6.07, 6.45) is -0.417. The molecule has 0 aromatic heterocycles. The molecule has 0 aliphatic carbocycles. The highest BCUT2D eigenvalue weighted by Gasteiger charge is 2.15. The fourth-order valence-electron chi connectivity index (χ4n) is 1.87. The number of halogens is 4. The van der Waals surface area contributed by atoms with Crippen LogP contribution in [-0.2, 0) is 9.59 Å². The van der Waals surface area contributed by atoms with E-state index < -0.39 is 29.9 Å². The van der Waals surface area contributed by atoms with Gasteiger partial charge < -0.3 is 10.6 Å². The van der Waals surface area contributed by atoms with Gasteiger partial charge in [-0.05, 0) is 36.4 Å². The van der Waals surface area contributed by atoms with Gasteiger partial charge in [0, 0.05) is 15.6 Å². The molecule has 8 heteroatoms. The third kappa shape index (κ3) is 5.27. The van der Waals surface area contributed by atoms with Crippen molar-refractivity contribution in [1.29, 1.82) is 0 Å². The van der Waals surface area contributed by atoms with Crippen LogP contribution in [0.2, 0.25) is 10.0 Å². The Bertz CT molecular complexity index is 857. The minimum atomic E-state index is -0.761. The number of amides is 2. The highest BCUT2D eigenvalue weighted by atomic mass is 35.5. The molecule has 0 radical (unpaired) electrons. The molecule has 130 valence electrons. The third-order valence-electron chi connectivity index (χ3n) is 3.07. The molecule has 2 aromatic rings. The molecule has 0 saturated heterocycles. The highest BCUT2D eigenvalue weighted by molar-refractivity contribution is 6.31. The van der Waals surface area contributed by atoms with Crippen molar-refractivity contribution in [1.82, 2.24) is 0 Å². The van der Waals surface area contributed by atoms with Crippen molar-refractivity contribution in [2.24, 2.45) is 0 Å². The molecule has 25 heavy (non-hydrogen) atoms. The fourth-order valence-corrected chi connectivity index (χ4v) is 2.21. The number of benzene rings is 2. The van der Waals surface area contributed by atoms with Crippen molar-refractivity contribution in [2.75, 3.05) is 10.6 Å². The van der Waals surface area contributed by atoms with Crippen LogP contribution in [0.3, 0.4) is 0 Å². The Balaban J connectivity index is 1.98. The van der Waals surface area contributed by atoms with Crippen LogP contribution in [0.25, 0.3) is 0 Å². The molecule has 0 bridgehead atoms. The van der Waals surface area contributed by atoms with Gasteiger partial charge in [-0.3, -0.25) is 9.59 Å². The molecule has 2 rings (SSSR count). The second-order valence-electron chi connectivity index (χ2n) is 5.03. The summed E-state index contributed by atoms with van der Waals surface area (Å²) in [7, 11) is 0. The monoisotopic (exact) mass is 384 g/mol. The number of nitrogens with one attached hydrogen (secondary N) is 2. The van der Waals surface area contributed by atoms with Crippen molar-refractivity contribution in [3.8, 4) is 0 Å². The third-order valence-corrected chi connectivity index (χ3v) is 3.54. The van der Waals surface area contributed by atoms with Gasteiger partial charge in [-0.15, -0.1) is 0 Å². The Morgan fingerprint density at radius 3 is 1.92 bits per heavy atom. The Morgan fingerprint density at radius 2 is 1.40 bits per heavy atom. The van der Waals surface area contributed by atoms with Crippen molar-refractivity contribution < 1.29 is 18.4 Å². The van der Waals surface area contributed by atoms with E-state index in [1.165, 1.54) is 24.3 Å².